The first kappa shape index (κ1) is 21.0. The van der Waals surface area contributed by atoms with Crippen molar-refractivity contribution < 1.29 is 28.7 Å². The number of hydrogen-bond donors (Lipinski definition) is 1. The molecule has 1 N–H and O–H groups in total. The Morgan fingerprint density at radius 1 is 1.40 bits per heavy atom. The zero-order valence-electron chi connectivity index (χ0n) is 16.4. The van der Waals surface area contributed by atoms with Gasteiger partial charge in [0.2, 0.25) is 5.70 Å². The number of rotatable bonds is 7. The molecular weight excluding hydrogens is 397 g/mol. The second kappa shape index (κ2) is 8.36. The molecule has 1 atom stereocenters. The number of amides is 1. The summed E-state index contributed by atoms with van der Waals surface area (Å²) in [5.74, 6) is -2.19. The number of halogens is 1. The number of carboxylic acid groups (broad SMARTS) is 1. The van der Waals surface area contributed by atoms with E-state index >= 15 is 0 Å². The summed E-state index contributed by atoms with van der Waals surface area (Å²) >= 11 is 0. The molecule has 9 nitrogen and oxygen atoms in total. The summed E-state index contributed by atoms with van der Waals surface area (Å²) in [5, 5.41) is 20.2. The normalized spacial score (nSPS) is 15.0. The van der Waals surface area contributed by atoms with Gasteiger partial charge in [-0.3, -0.25) is 19.7 Å². The van der Waals surface area contributed by atoms with Gasteiger partial charge in [0.05, 0.1) is 24.5 Å². The highest BCUT2D eigenvalue weighted by Gasteiger charge is 2.33. The molecule has 2 heterocycles. The largest absolute Gasteiger partial charge is 0.494 e. The molecule has 0 aliphatic carbocycles. The lowest BCUT2D eigenvalue weighted by molar-refractivity contribution is -0.422. The lowest BCUT2D eigenvalue weighted by atomic mass is 10.00. The number of ether oxygens (including phenoxy) is 1. The zero-order valence-corrected chi connectivity index (χ0v) is 16.4. The average Bonchev–Trinajstić information content (AvgIpc) is 3.10. The minimum Gasteiger partial charge on any atom is -0.494 e. The standard InChI is InChI=1S/C20H20FN3O6/c1-12(24(28)29)7-13-8-17-20(27)23(6-5-22(17)11-13)16(10-19(25)26)14-3-4-18(30-2)15(21)9-14/h3-4,7-9,11,16H,5-6,10H2,1-2H3,(H,25,26)/b12-7-/t16-/m0/s1. The molecule has 2 aromatic rings. The van der Waals surface area contributed by atoms with Crippen molar-refractivity contribution in [3.05, 3.63) is 68.9 Å². The summed E-state index contributed by atoms with van der Waals surface area (Å²) in [6.45, 7) is 1.94. The van der Waals surface area contributed by atoms with Crippen molar-refractivity contribution in [3.8, 4) is 5.75 Å². The first-order chi connectivity index (χ1) is 14.2. The molecule has 1 aromatic heterocycles. The second-order valence-electron chi connectivity index (χ2n) is 6.90. The van der Waals surface area contributed by atoms with Crippen molar-refractivity contribution in [2.45, 2.75) is 25.9 Å². The van der Waals surface area contributed by atoms with Crippen LogP contribution in [-0.4, -0.2) is 45.0 Å². The van der Waals surface area contributed by atoms with Crippen LogP contribution >= 0.6 is 0 Å². The van der Waals surface area contributed by atoms with E-state index < -0.39 is 35.1 Å². The van der Waals surface area contributed by atoms with E-state index in [1.807, 2.05) is 0 Å². The predicted molar refractivity (Wildman–Crippen MR) is 104 cm³/mol. The summed E-state index contributed by atoms with van der Waals surface area (Å²) in [6.07, 6.45) is 2.60. The number of fused-ring (bicyclic) bond motifs is 1. The fourth-order valence-corrected chi connectivity index (χ4v) is 3.49. The van der Waals surface area contributed by atoms with Gasteiger partial charge in [-0.1, -0.05) is 6.07 Å². The number of carbonyl (C=O) groups excluding carboxylic acids is 1. The average molecular weight is 417 g/mol. The van der Waals surface area contributed by atoms with Crippen LogP contribution in [0.4, 0.5) is 4.39 Å². The Hall–Kier alpha value is -3.69. The van der Waals surface area contributed by atoms with Crippen molar-refractivity contribution in [2.24, 2.45) is 0 Å². The van der Waals surface area contributed by atoms with Crippen molar-refractivity contribution in [3.63, 3.8) is 0 Å². The van der Waals surface area contributed by atoms with Gasteiger partial charge in [-0.05, 0) is 29.3 Å². The molecule has 0 unspecified atom stereocenters. The van der Waals surface area contributed by atoms with E-state index in [0.717, 1.165) is 0 Å². The number of benzene rings is 1. The number of allylic oxidation sites excluding steroid dienone is 1. The van der Waals surface area contributed by atoms with Gasteiger partial charge in [-0.2, -0.15) is 0 Å². The number of carbonyl (C=O) groups is 2. The molecule has 158 valence electrons. The number of nitrogens with zero attached hydrogens (tertiary/aromatic N) is 3. The van der Waals surface area contributed by atoms with E-state index in [1.54, 1.807) is 10.8 Å². The Labute approximate surface area is 171 Å². The van der Waals surface area contributed by atoms with Crippen LogP contribution in [0.5, 0.6) is 5.75 Å². The number of aromatic nitrogens is 1. The molecule has 0 bridgehead atoms. The lowest BCUT2D eigenvalue weighted by Crippen LogP contribution is -2.43. The highest BCUT2D eigenvalue weighted by Crippen LogP contribution is 2.31. The van der Waals surface area contributed by atoms with E-state index in [1.165, 1.54) is 49.3 Å². The second-order valence-corrected chi connectivity index (χ2v) is 6.90. The van der Waals surface area contributed by atoms with Gasteiger partial charge in [0.15, 0.2) is 11.6 Å². The molecule has 0 fully saturated rings. The maximum absolute atomic E-state index is 14.2. The summed E-state index contributed by atoms with van der Waals surface area (Å²) < 4.78 is 20.8. The number of nitro groups is 1. The quantitative estimate of drug-likeness (QED) is 0.547. The number of aliphatic carboxylic acids is 1. The van der Waals surface area contributed by atoms with Crippen molar-refractivity contribution in [1.82, 2.24) is 9.47 Å². The molecule has 30 heavy (non-hydrogen) atoms. The van der Waals surface area contributed by atoms with E-state index in [9.17, 15) is 29.2 Å². The number of hydrogen-bond acceptors (Lipinski definition) is 5. The fraction of sp³-hybridized carbons (Fsp3) is 0.300. The molecule has 1 aliphatic rings. The third kappa shape index (κ3) is 4.17. The Bertz CT molecular complexity index is 1050. The molecule has 0 saturated heterocycles. The lowest BCUT2D eigenvalue weighted by Gasteiger charge is -2.35. The van der Waals surface area contributed by atoms with E-state index in [-0.39, 0.29) is 23.7 Å². The SMILES string of the molecule is COc1ccc([C@H](CC(=O)O)N2CCn3cc(/C=C(/C)[N+](=O)[O-])cc3C2=O)cc1F. The van der Waals surface area contributed by atoms with E-state index in [4.69, 9.17) is 4.74 Å². The maximum Gasteiger partial charge on any atom is 0.305 e. The highest BCUT2D eigenvalue weighted by molar-refractivity contribution is 5.94. The minimum atomic E-state index is -1.13. The first-order valence-corrected chi connectivity index (χ1v) is 9.10. The summed E-state index contributed by atoms with van der Waals surface area (Å²) in [6, 6.07) is 4.74. The van der Waals surface area contributed by atoms with Gasteiger partial charge < -0.3 is 19.3 Å². The van der Waals surface area contributed by atoms with Crippen LogP contribution in [0, 0.1) is 15.9 Å². The number of methoxy groups -OCH3 is 1. The van der Waals surface area contributed by atoms with Crippen LogP contribution in [0.25, 0.3) is 6.08 Å². The summed E-state index contributed by atoms with van der Waals surface area (Å²) in [7, 11) is 1.32. The Balaban J connectivity index is 1.95. The predicted octanol–water partition coefficient (Wildman–Crippen LogP) is 2.95. The van der Waals surface area contributed by atoms with E-state index in [2.05, 4.69) is 0 Å². The maximum atomic E-state index is 14.2. The van der Waals surface area contributed by atoms with Crippen molar-refractivity contribution in [1.29, 1.82) is 0 Å². The first-order valence-electron chi connectivity index (χ1n) is 9.10. The molecule has 0 radical (unpaired) electrons. The topological polar surface area (TPSA) is 115 Å². The molecular formula is C20H20FN3O6. The van der Waals surface area contributed by atoms with Gasteiger partial charge in [0, 0.05) is 32.3 Å². The van der Waals surface area contributed by atoms with Crippen LogP contribution in [0.2, 0.25) is 0 Å². The smallest absolute Gasteiger partial charge is 0.305 e. The molecule has 3 rings (SSSR count). The Morgan fingerprint density at radius 3 is 2.73 bits per heavy atom. The van der Waals surface area contributed by atoms with Crippen LogP contribution in [0.1, 0.15) is 41.0 Å². The van der Waals surface area contributed by atoms with Crippen molar-refractivity contribution in [2.75, 3.05) is 13.7 Å². The summed E-state index contributed by atoms with van der Waals surface area (Å²) in [5.41, 5.74) is 1.06. The van der Waals surface area contributed by atoms with Gasteiger partial charge in [0.25, 0.3) is 5.91 Å². The van der Waals surface area contributed by atoms with Crippen LogP contribution < -0.4 is 4.74 Å². The zero-order chi connectivity index (χ0) is 22.0. The monoisotopic (exact) mass is 417 g/mol. The minimum absolute atomic E-state index is 0.0178. The van der Waals surface area contributed by atoms with Gasteiger partial charge in [-0.15, -0.1) is 0 Å². The Morgan fingerprint density at radius 2 is 2.13 bits per heavy atom. The van der Waals surface area contributed by atoms with Gasteiger partial charge in [0.1, 0.15) is 5.69 Å². The third-order valence-electron chi connectivity index (χ3n) is 4.95. The fourth-order valence-electron chi connectivity index (χ4n) is 3.49. The third-order valence-corrected chi connectivity index (χ3v) is 4.95. The van der Waals surface area contributed by atoms with Crippen LogP contribution in [0.15, 0.2) is 36.2 Å². The van der Waals surface area contributed by atoms with Gasteiger partial charge >= 0.3 is 5.97 Å². The van der Waals surface area contributed by atoms with Gasteiger partial charge in [-0.25, -0.2) is 4.39 Å². The molecule has 0 spiro atoms. The van der Waals surface area contributed by atoms with Crippen molar-refractivity contribution >= 4 is 18.0 Å². The molecule has 10 heteroatoms. The summed E-state index contributed by atoms with van der Waals surface area (Å²) in [4.78, 5) is 36.2. The Kier molecular flexibility index (Phi) is 5.86. The van der Waals surface area contributed by atoms with E-state index in [0.29, 0.717) is 17.7 Å². The molecule has 0 saturated carbocycles. The van der Waals surface area contributed by atoms with Crippen LogP contribution in [-0.2, 0) is 11.3 Å². The number of carboxylic acids is 1. The molecule has 1 aliphatic heterocycles. The van der Waals surface area contributed by atoms with Crippen LogP contribution in [0.3, 0.4) is 0 Å². The molecule has 1 amide bonds. The highest BCUT2D eigenvalue weighted by atomic mass is 19.1. The molecule has 1 aromatic carbocycles.